The first kappa shape index (κ1) is 12.6. The zero-order chi connectivity index (χ0) is 13.0. The lowest BCUT2D eigenvalue weighted by molar-refractivity contribution is 0.578. The van der Waals surface area contributed by atoms with Gasteiger partial charge in [-0.25, -0.2) is 5.43 Å². The van der Waals surface area contributed by atoms with Crippen molar-refractivity contribution >= 4 is 5.69 Å². The summed E-state index contributed by atoms with van der Waals surface area (Å²) in [7, 11) is 1.87. The van der Waals surface area contributed by atoms with Gasteiger partial charge in [-0.2, -0.15) is 0 Å². The Morgan fingerprint density at radius 3 is 2.33 bits per heavy atom. The van der Waals surface area contributed by atoms with Crippen LogP contribution in [0.2, 0.25) is 0 Å². The van der Waals surface area contributed by atoms with Crippen LogP contribution in [0.1, 0.15) is 11.7 Å². The normalized spacial score (nSPS) is 12.2. The van der Waals surface area contributed by atoms with Gasteiger partial charge in [-0.3, -0.25) is 5.84 Å². The van der Waals surface area contributed by atoms with Crippen LogP contribution in [0, 0.1) is 0 Å². The Balaban J connectivity index is 2.42. The SMILES string of the molecule is CNc1cc(-c2ccccc2)ccc1C(N)NN. The molecule has 0 aliphatic rings. The molecule has 0 saturated heterocycles. The van der Waals surface area contributed by atoms with Crippen LogP contribution >= 0.6 is 0 Å². The molecular formula is C14H18N4. The Labute approximate surface area is 107 Å². The average molecular weight is 242 g/mol. The summed E-state index contributed by atoms with van der Waals surface area (Å²) in [5.41, 5.74) is 12.7. The van der Waals surface area contributed by atoms with Crippen LogP contribution < -0.4 is 22.3 Å². The number of nitrogens with two attached hydrogens (primary N) is 2. The molecule has 18 heavy (non-hydrogen) atoms. The van der Waals surface area contributed by atoms with Crippen molar-refractivity contribution in [1.29, 1.82) is 0 Å². The summed E-state index contributed by atoms with van der Waals surface area (Å²) in [6.07, 6.45) is -0.378. The number of hydrogen-bond donors (Lipinski definition) is 4. The Morgan fingerprint density at radius 1 is 1.00 bits per heavy atom. The molecule has 0 amide bonds. The standard InChI is InChI=1S/C14H18N4/c1-17-13-9-11(10-5-3-2-4-6-10)7-8-12(13)14(15)18-16/h2-9,14,17-18H,15-16H2,1H3. The van der Waals surface area contributed by atoms with Crippen LogP contribution in [0.4, 0.5) is 5.69 Å². The Kier molecular flexibility index (Phi) is 3.94. The predicted octanol–water partition coefficient (Wildman–Crippen LogP) is 1.82. The zero-order valence-electron chi connectivity index (χ0n) is 10.4. The number of benzene rings is 2. The van der Waals surface area contributed by atoms with Gasteiger partial charge in [0.1, 0.15) is 0 Å². The van der Waals surface area contributed by atoms with Crippen molar-refractivity contribution in [2.45, 2.75) is 6.17 Å². The third-order valence-corrected chi connectivity index (χ3v) is 2.94. The van der Waals surface area contributed by atoms with Crippen LogP contribution in [0.5, 0.6) is 0 Å². The second-order valence-corrected chi connectivity index (χ2v) is 4.06. The molecule has 0 radical (unpaired) electrons. The molecule has 94 valence electrons. The first-order valence-corrected chi connectivity index (χ1v) is 5.85. The van der Waals surface area contributed by atoms with Gasteiger partial charge in [-0.15, -0.1) is 0 Å². The van der Waals surface area contributed by atoms with Crippen LogP contribution in [-0.4, -0.2) is 7.05 Å². The highest BCUT2D eigenvalue weighted by Gasteiger charge is 2.09. The van der Waals surface area contributed by atoms with Crippen molar-refractivity contribution in [2.24, 2.45) is 11.6 Å². The van der Waals surface area contributed by atoms with Crippen molar-refractivity contribution in [1.82, 2.24) is 5.43 Å². The minimum atomic E-state index is -0.378. The van der Waals surface area contributed by atoms with E-state index in [4.69, 9.17) is 11.6 Å². The fourth-order valence-corrected chi connectivity index (χ4v) is 1.94. The summed E-state index contributed by atoms with van der Waals surface area (Å²) in [5.74, 6) is 5.37. The molecule has 0 aliphatic carbocycles. The fraction of sp³-hybridized carbons (Fsp3) is 0.143. The van der Waals surface area contributed by atoms with Crippen molar-refractivity contribution in [3.63, 3.8) is 0 Å². The lowest BCUT2D eigenvalue weighted by Gasteiger charge is -2.16. The molecule has 4 nitrogen and oxygen atoms in total. The molecule has 0 aliphatic heterocycles. The van der Waals surface area contributed by atoms with E-state index < -0.39 is 0 Å². The lowest BCUT2D eigenvalue weighted by Crippen LogP contribution is -2.34. The fourth-order valence-electron chi connectivity index (χ4n) is 1.94. The summed E-state index contributed by atoms with van der Waals surface area (Å²) in [5, 5.41) is 3.15. The van der Waals surface area contributed by atoms with Gasteiger partial charge in [0.2, 0.25) is 0 Å². The summed E-state index contributed by atoms with van der Waals surface area (Å²) < 4.78 is 0. The molecule has 0 spiro atoms. The predicted molar refractivity (Wildman–Crippen MR) is 75.7 cm³/mol. The molecule has 0 aromatic heterocycles. The Morgan fingerprint density at radius 2 is 1.72 bits per heavy atom. The second kappa shape index (κ2) is 5.64. The number of hydrazine groups is 1. The number of nitrogens with one attached hydrogen (secondary N) is 2. The number of hydrogen-bond acceptors (Lipinski definition) is 4. The Hall–Kier alpha value is -1.88. The van der Waals surface area contributed by atoms with E-state index in [1.165, 1.54) is 5.56 Å². The van der Waals surface area contributed by atoms with Gasteiger partial charge in [0.15, 0.2) is 0 Å². The van der Waals surface area contributed by atoms with Crippen LogP contribution in [0.3, 0.4) is 0 Å². The molecule has 0 heterocycles. The van der Waals surface area contributed by atoms with Crippen LogP contribution in [0.15, 0.2) is 48.5 Å². The van der Waals surface area contributed by atoms with E-state index in [0.717, 1.165) is 16.8 Å². The van der Waals surface area contributed by atoms with Gasteiger partial charge in [0, 0.05) is 18.3 Å². The smallest absolute Gasteiger partial charge is 0.0955 e. The summed E-state index contributed by atoms with van der Waals surface area (Å²) >= 11 is 0. The van der Waals surface area contributed by atoms with E-state index >= 15 is 0 Å². The topological polar surface area (TPSA) is 76.1 Å². The lowest BCUT2D eigenvalue weighted by atomic mass is 10.0. The van der Waals surface area contributed by atoms with Crippen LogP contribution in [0.25, 0.3) is 11.1 Å². The maximum atomic E-state index is 5.88. The summed E-state index contributed by atoms with van der Waals surface area (Å²) in [4.78, 5) is 0. The van der Waals surface area contributed by atoms with Gasteiger partial charge in [-0.05, 0) is 17.2 Å². The van der Waals surface area contributed by atoms with Gasteiger partial charge in [0.25, 0.3) is 0 Å². The molecule has 2 rings (SSSR count). The highest BCUT2D eigenvalue weighted by molar-refractivity contribution is 5.70. The maximum Gasteiger partial charge on any atom is 0.0955 e. The quantitative estimate of drug-likeness (QED) is 0.375. The molecule has 2 aromatic rings. The molecule has 0 bridgehead atoms. The van der Waals surface area contributed by atoms with E-state index in [1.54, 1.807) is 0 Å². The molecule has 1 atom stereocenters. The molecule has 0 fully saturated rings. The van der Waals surface area contributed by atoms with Gasteiger partial charge >= 0.3 is 0 Å². The second-order valence-electron chi connectivity index (χ2n) is 4.06. The minimum absolute atomic E-state index is 0.378. The van der Waals surface area contributed by atoms with Crippen molar-refractivity contribution in [3.8, 4) is 11.1 Å². The monoisotopic (exact) mass is 242 g/mol. The molecule has 2 aromatic carbocycles. The Bertz CT molecular complexity index is 510. The van der Waals surface area contributed by atoms with Gasteiger partial charge in [0.05, 0.1) is 6.17 Å². The number of anilines is 1. The zero-order valence-corrected chi connectivity index (χ0v) is 10.4. The van der Waals surface area contributed by atoms with Gasteiger partial charge in [-0.1, -0.05) is 42.5 Å². The van der Waals surface area contributed by atoms with E-state index in [-0.39, 0.29) is 6.17 Å². The summed E-state index contributed by atoms with van der Waals surface area (Å²) in [6, 6.07) is 16.3. The van der Waals surface area contributed by atoms with E-state index in [0.29, 0.717) is 0 Å². The van der Waals surface area contributed by atoms with Crippen molar-refractivity contribution in [2.75, 3.05) is 12.4 Å². The molecule has 4 heteroatoms. The molecule has 0 saturated carbocycles. The largest absolute Gasteiger partial charge is 0.388 e. The minimum Gasteiger partial charge on any atom is -0.388 e. The molecule has 1 unspecified atom stereocenters. The van der Waals surface area contributed by atoms with Gasteiger partial charge < -0.3 is 11.1 Å². The molecular weight excluding hydrogens is 224 g/mol. The van der Waals surface area contributed by atoms with E-state index in [9.17, 15) is 0 Å². The average Bonchev–Trinajstić information content (AvgIpc) is 2.46. The highest BCUT2D eigenvalue weighted by Crippen LogP contribution is 2.27. The van der Waals surface area contributed by atoms with Crippen molar-refractivity contribution in [3.05, 3.63) is 54.1 Å². The third-order valence-electron chi connectivity index (χ3n) is 2.94. The van der Waals surface area contributed by atoms with E-state index in [1.807, 2.05) is 37.4 Å². The van der Waals surface area contributed by atoms with Crippen molar-refractivity contribution < 1.29 is 0 Å². The molecule has 6 N–H and O–H groups in total. The first-order valence-electron chi connectivity index (χ1n) is 5.85. The van der Waals surface area contributed by atoms with Crippen LogP contribution in [-0.2, 0) is 0 Å². The maximum absolute atomic E-state index is 5.88. The van der Waals surface area contributed by atoms with E-state index in [2.05, 4.69) is 28.9 Å². The third kappa shape index (κ3) is 2.51. The summed E-state index contributed by atoms with van der Waals surface area (Å²) in [6.45, 7) is 0. The number of rotatable bonds is 4. The first-order chi connectivity index (χ1) is 8.76. The highest BCUT2D eigenvalue weighted by atomic mass is 15.3.